The predicted octanol–water partition coefficient (Wildman–Crippen LogP) is 1.27. The number of rotatable bonds is 4. The van der Waals surface area contributed by atoms with Crippen molar-refractivity contribution in [2.24, 2.45) is 0 Å². The van der Waals surface area contributed by atoms with Crippen molar-refractivity contribution >= 4 is 11.8 Å². The highest BCUT2D eigenvalue weighted by Crippen LogP contribution is 2.27. The van der Waals surface area contributed by atoms with E-state index in [9.17, 15) is 4.79 Å². The zero-order valence-corrected chi connectivity index (χ0v) is 11.2. The number of fused-ring (bicyclic) bond motifs is 1. The van der Waals surface area contributed by atoms with Crippen LogP contribution in [0.2, 0.25) is 0 Å². The fourth-order valence-electron chi connectivity index (χ4n) is 2.32. The van der Waals surface area contributed by atoms with Gasteiger partial charge < -0.3 is 9.64 Å². The molecule has 18 heavy (non-hydrogen) atoms. The number of anilines is 1. The third-order valence-electron chi connectivity index (χ3n) is 3.06. The second-order valence-electron chi connectivity index (χ2n) is 4.53. The van der Waals surface area contributed by atoms with Gasteiger partial charge in [-0.25, -0.2) is 9.97 Å². The third kappa shape index (κ3) is 2.60. The number of aryl methyl sites for hydroxylation is 2. The Bertz CT molecular complexity index is 460. The Balaban J connectivity index is 2.20. The molecule has 1 aliphatic carbocycles. The molecule has 0 saturated heterocycles. The number of carbonyl (C=O) groups is 1. The molecule has 0 radical (unpaired) electrons. The zero-order valence-electron chi connectivity index (χ0n) is 11.2. The van der Waals surface area contributed by atoms with Crippen molar-refractivity contribution in [2.75, 3.05) is 25.1 Å². The highest BCUT2D eigenvalue weighted by Gasteiger charge is 2.21. The number of likely N-dealkylation sites (N-methyl/N-ethyl adjacent to an activating group) is 1. The molecule has 0 spiro atoms. The van der Waals surface area contributed by atoms with Crippen LogP contribution in [0.25, 0.3) is 0 Å². The Morgan fingerprint density at radius 1 is 1.39 bits per heavy atom. The normalized spacial score (nSPS) is 13.3. The molecule has 0 amide bonds. The molecule has 0 aliphatic heterocycles. The Kier molecular flexibility index (Phi) is 3.79. The summed E-state index contributed by atoms with van der Waals surface area (Å²) in [6.45, 7) is 4.34. The summed E-state index contributed by atoms with van der Waals surface area (Å²) in [6, 6.07) is 0. The lowest BCUT2D eigenvalue weighted by molar-refractivity contribution is -0.141. The smallest absolute Gasteiger partial charge is 0.325 e. The number of esters is 1. The molecule has 0 fully saturated rings. The van der Waals surface area contributed by atoms with Crippen LogP contribution in [0, 0.1) is 6.92 Å². The molecule has 0 N–H and O–H groups in total. The van der Waals surface area contributed by atoms with E-state index in [1.165, 1.54) is 5.56 Å². The molecule has 1 aromatic heterocycles. The summed E-state index contributed by atoms with van der Waals surface area (Å²) in [5.41, 5.74) is 2.32. The van der Waals surface area contributed by atoms with Gasteiger partial charge in [-0.15, -0.1) is 0 Å². The predicted molar refractivity (Wildman–Crippen MR) is 68.7 cm³/mol. The van der Waals surface area contributed by atoms with Crippen LogP contribution in [-0.2, 0) is 22.4 Å². The SMILES string of the molecule is CCOC(=O)CN(C)c1nc(C)nc2c1CCC2. The third-order valence-corrected chi connectivity index (χ3v) is 3.06. The molecule has 0 atom stereocenters. The van der Waals surface area contributed by atoms with Crippen LogP contribution < -0.4 is 4.90 Å². The highest BCUT2D eigenvalue weighted by atomic mass is 16.5. The van der Waals surface area contributed by atoms with Gasteiger partial charge in [0.15, 0.2) is 0 Å². The number of ether oxygens (including phenoxy) is 1. The summed E-state index contributed by atoms with van der Waals surface area (Å²) in [7, 11) is 1.87. The Morgan fingerprint density at radius 3 is 2.89 bits per heavy atom. The van der Waals surface area contributed by atoms with Gasteiger partial charge in [0.25, 0.3) is 0 Å². The molecular formula is C13H19N3O2. The molecule has 0 saturated carbocycles. The van der Waals surface area contributed by atoms with Gasteiger partial charge in [0.1, 0.15) is 18.2 Å². The average molecular weight is 249 g/mol. The summed E-state index contributed by atoms with van der Waals surface area (Å²) in [5, 5.41) is 0. The van der Waals surface area contributed by atoms with E-state index in [0.717, 1.165) is 36.6 Å². The standard InChI is InChI=1S/C13H19N3O2/c1-4-18-12(17)8-16(3)13-10-6-5-7-11(10)14-9(2)15-13/h4-8H2,1-3H3. The van der Waals surface area contributed by atoms with Crippen LogP contribution in [0.3, 0.4) is 0 Å². The summed E-state index contributed by atoms with van der Waals surface area (Å²) in [5.74, 6) is 1.42. The monoisotopic (exact) mass is 249 g/mol. The number of aromatic nitrogens is 2. The number of nitrogens with zero attached hydrogens (tertiary/aromatic N) is 3. The second kappa shape index (κ2) is 5.33. The lowest BCUT2D eigenvalue weighted by atomic mass is 10.2. The van der Waals surface area contributed by atoms with E-state index in [4.69, 9.17) is 4.74 Å². The van der Waals surface area contributed by atoms with Gasteiger partial charge in [0.05, 0.1) is 6.61 Å². The quantitative estimate of drug-likeness (QED) is 0.752. The maximum atomic E-state index is 11.5. The first-order valence-corrected chi connectivity index (χ1v) is 6.35. The Morgan fingerprint density at radius 2 is 2.17 bits per heavy atom. The van der Waals surface area contributed by atoms with Crippen molar-refractivity contribution in [3.63, 3.8) is 0 Å². The van der Waals surface area contributed by atoms with Gasteiger partial charge in [0, 0.05) is 18.3 Å². The number of carbonyl (C=O) groups excluding carboxylic acids is 1. The van der Waals surface area contributed by atoms with E-state index in [2.05, 4.69) is 9.97 Å². The van der Waals surface area contributed by atoms with Crippen LogP contribution in [0.1, 0.15) is 30.4 Å². The molecule has 1 aliphatic rings. The van der Waals surface area contributed by atoms with Crippen LogP contribution in [0.15, 0.2) is 0 Å². The Hall–Kier alpha value is -1.65. The molecule has 2 rings (SSSR count). The maximum absolute atomic E-state index is 11.5. The molecule has 5 nitrogen and oxygen atoms in total. The van der Waals surface area contributed by atoms with Gasteiger partial charge >= 0.3 is 5.97 Å². The second-order valence-corrected chi connectivity index (χ2v) is 4.53. The number of hydrogen-bond donors (Lipinski definition) is 0. The molecule has 1 aromatic rings. The molecule has 0 aromatic carbocycles. The topological polar surface area (TPSA) is 55.3 Å². The van der Waals surface area contributed by atoms with Crippen molar-refractivity contribution in [1.29, 1.82) is 0 Å². The minimum atomic E-state index is -0.219. The van der Waals surface area contributed by atoms with Gasteiger partial charge in [0.2, 0.25) is 0 Å². The lowest BCUT2D eigenvalue weighted by Crippen LogP contribution is -2.29. The van der Waals surface area contributed by atoms with Crippen LogP contribution in [-0.4, -0.2) is 36.1 Å². The van der Waals surface area contributed by atoms with Gasteiger partial charge in [-0.3, -0.25) is 4.79 Å². The first-order chi connectivity index (χ1) is 8.61. The van der Waals surface area contributed by atoms with Crippen molar-refractivity contribution < 1.29 is 9.53 Å². The summed E-state index contributed by atoms with van der Waals surface area (Å²) in [4.78, 5) is 22.3. The molecule has 98 valence electrons. The lowest BCUT2D eigenvalue weighted by Gasteiger charge is -2.20. The first kappa shape index (κ1) is 12.8. The summed E-state index contributed by atoms with van der Waals surface area (Å²) >= 11 is 0. The van der Waals surface area contributed by atoms with Gasteiger partial charge in [-0.1, -0.05) is 0 Å². The van der Waals surface area contributed by atoms with Crippen molar-refractivity contribution in [2.45, 2.75) is 33.1 Å². The molecular weight excluding hydrogens is 230 g/mol. The Labute approximate surface area is 107 Å². The summed E-state index contributed by atoms with van der Waals surface area (Å²) in [6.07, 6.45) is 3.13. The van der Waals surface area contributed by atoms with Crippen LogP contribution in [0.4, 0.5) is 5.82 Å². The van der Waals surface area contributed by atoms with Crippen LogP contribution >= 0.6 is 0 Å². The minimum absolute atomic E-state index is 0.219. The van der Waals surface area contributed by atoms with Crippen molar-refractivity contribution in [3.05, 3.63) is 17.1 Å². The largest absolute Gasteiger partial charge is 0.465 e. The maximum Gasteiger partial charge on any atom is 0.325 e. The van der Waals surface area contributed by atoms with E-state index in [-0.39, 0.29) is 12.5 Å². The fourth-order valence-corrected chi connectivity index (χ4v) is 2.32. The molecule has 1 heterocycles. The van der Waals surface area contributed by atoms with Crippen molar-refractivity contribution in [1.82, 2.24) is 9.97 Å². The zero-order chi connectivity index (χ0) is 13.1. The van der Waals surface area contributed by atoms with E-state index in [1.54, 1.807) is 0 Å². The van der Waals surface area contributed by atoms with E-state index in [0.29, 0.717) is 6.61 Å². The van der Waals surface area contributed by atoms with Crippen LogP contribution in [0.5, 0.6) is 0 Å². The summed E-state index contributed by atoms with van der Waals surface area (Å²) < 4.78 is 4.96. The first-order valence-electron chi connectivity index (χ1n) is 6.35. The van der Waals surface area contributed by atoms with Crippen molar-refractivity contribution in [3.8, 4) is 0 Å². The molecule has 5 heteroatoms. The number of hydrogen-bond acceptors (Lipinski definition) is 5. The average Bonchev–Trinajstić information content (AvgIpc) is 2.75. The highest BCUT2D eigenvalue weighted by molar-refractivity contribution is 5.75. The van der Waals surface area contributed by atoms with E-state index in [1.807, 2.05) is 25.8 Å². The fraction of sp³-hybridized carbons (Fsp3) is 0.615. The minimum Gasteiger partial charge on any atom is -0.465 e. The van der Waals surface area contributed by atoms with E-state index < -0.39 is 0 Å². The van der Waals surface area contributed by atoms with Gasteiger partial charge in [-0.2, -0.15) is 0 Å². The molecule has 0 unspecified atom stereocenters. The van der Waals surface area contributed by atoms with E-state index >= 15 is 0 Å². The molecule has 0 bridgehead atoms. The van der Waals surface area contributed by atoms with Gasteiger partial charge in [-0.05, 0) is 33.1 Å².